The van der Waals surface area contributed by atoms with Crippen LogP contribution in [0.25, 0.3) is 11.4 Å². The van der Waals surface area contributed by atoms with Crippen LogP contribution in [0.15, 0.2) is 40.9 Å². The molecule has 156 valence electrons. The maximum atomic E-state index is 12.6. The third kappa shape index (κ3) is 4.39. The average Bonchev–Trinajstić information content (AvgIpc) is 3.44. The van der Waals surface area contributed by atoms with Crippen LogP contribution in [0.5, 0.6) is 0 Å². The molecule has 0 saturated carbocycles. The predicted octanol–water partition coefficient (Wildman–Crippen LogP) is 3.50. The number of nitrogens with zero attached hydrogens (tertiary/aromatic N) is 5. The summed E-state index contributed by atoms with van der Waals surface area (Å²) in [6.45, 7) is 1.52. The Balaban J connectivity index is 1.35. The second kappa shape index (κ2) is 8.09. The number of anilines is 1. The molecule has 1 saturated heterocycles. The zero-order valence-corrected chi connectivity index (χ0v) is 15.6. The Morgan fingerprint density at radius 2 is 1.80 bits per heavy atom. The number of hydrogen-bond acceptors (Lipinski definition) is 8. The van der Waals surface area contributed by atoms with Crippen molar-refractivity contribution in [2.24, 2.45) is 0 Å². The van der Waals surface area contributed by atoms with Gasteiger partial charge in [0.15, 0.2) is 18.1 Å². The van der Waals surface area contributed by atoms with Gasteiger partial charge in [0.1, 0.15) is 0 Å². The number of ether oxygens (including phenoxy) is 1. The van der Waals surface area contributed by atoms with E-state index in [2.05, 4.69) is 25.2 Å². The topological polar surface area (TPSA) is 94.2 Å². The van der Waals surface area contributed by atoms with E-state index in [1.54, 1.807) is 6.07 Å². The van der Waals surface area contributed by atoms with Crippen LogP contribution in [0, 0.1) is 0 Å². The number of alkyl halides is 3. The molecule has 0 N–H and O–H groups in total. The highest BCUT2D eigenvalue weighted by Gasteiger charge is 2.30. The van der Waals surface area contributed by atoms with Gasteiger partial charge in [0.05, 0.1) is 5.56 Å². The fourth-order valence-corrected chi connectivity index (χ4v) is 2.99. The van der Waals surface area contributed by atoms with Crippen LogP contribution in [0.3, 0.4) is 0 Å². The molecule has 3 heterocycles. The first-order valence-corrected chi connectivity index (χ1v) is 9.16. The SMILES string of the molecule is O=C(OCc1nc(-c2ccc(C(F)(F)F)cc2)no1)c1ccc(N2CCCC2)nn1. The minimum atomic E-state index is -4.43. The van der Waals surface area contributed by atoms with E-state index < -0.39 is 17.7 Å². The van der Waals surface area contributed by atoms with Crippen LogP contribution in [0.2, 0.25) is 0 Å². The van der Waals surface area contributed by atoms with Gasteiger partial charge in [-0.1, -0.05) is 17.3 Å². The van der Waals surface area contributed by atoms with Crippen molar-refractivity contribution in [3.8, 4) is 11.4 Å². The minimum Gasteiger partial charge on any atom is -0.451 e. The Hall–Kier alpha value is -3.50. The molecule has 0 unspecified atom stereocenters. The van der Waals surface area contributed by atoms with Gasteiger partial charge < -0.3 is 14.2 Å². The number of halogens is 3. The molecule has 1 fully saturated rings. The summed E-state index contributed by atoms with van der Waals surface area (Å²) in [5, 5.41) is 11.6. The molecule has 3 aromatic rings. The normalized spacial score (nSPS) is 14.2. The van der Waals surface area contributed by atoms with Gasteiger partial charge in [-0.3, -0.25) is 0 Å². The van der Waals surface area contributed by atoms with Gasteiger partial charge in [0, 0.05) is 18.7 Å². The van der Waals surface area contributed by atoms with Gasteiger partial charge in [-0.25, -0.2) is 4.79 Å². The van der Waals surface area contributed by atoms with Crippen molar-refractivity contribution in [2.45, 2.75) is 25.6 Å². The van der Waals surface area contributed by atoms with E-state index >= 15 is 0 Å². The zero-order chi connectivity index (χ0) is 21.1. The van der Waals surface area contributed by atoms with Crippen molar-refractivity contribution in [3.63, 3.8) is 0 Å². The van der Waals surface area contributed by atoms with Crippen molar-refractivity contribution < 1.29 is 27.2 Å². The first-order chi connectivity index (χ1) is 14.4. The highest BCUT2D eigenvalue weighted by molar-refractivity contribution is 5.87. The summed E-state index contributed by atoms with van der Waals surface area (Å²) in [6.07, 6.45) is -2.22. The average molecular weight is 419 g/mol. The fraction of sp³-hybridized carbons (Fsp3) is 0.316. The third-order valence-corrected chi connectivity index (χ3v) is 4.55. The van der Waals surface area contributed by atoms with Gasteiger partial charge in [-0.05, 0) is 37.1 Å². The van der Waals surface area contributed by atoms with Crippen LogP contribution in [-0.2, 0) is 17.5 Å². The molecule has 0 bridgehead atoms. The smallest absolute Gasteiger partial charge is 0.416 e. The van der Waals surface area contributed by atoms with Gasteiger partial charge in [-0.2, -0.15) is 18.2 Å². The monoisotopic (exact) mass is 419 g/mol. The lowest BCUT2D eigenvalue weighted by atomic mass is 10.1. The number of benzene rings is 1. The molecular weight excluding hydrogens is 403 g/mol. The number of carbonyl (C=O) groups is 1. The molecule has 0 aliphatic carbocycles. The summed E-state index contributed by atoms with van der Waals surface area (Å²) in [5.41, 5.74) is -0.395. The molecule has 0 atom stereocenters. The summed E-state index contributed by atoms with van der Waals surface area (Å²) >= 11 is 0. The third-order valence-electron chi connectivity index (χ3n) is 4.55. The van der Waals surface area contributed by atoms with E-state index in [1.165, 1.54) is 18.2 Å². The Morgan fingerprint density at radius 3 is 2.43 bits per heavy atom. The molecule has 11 heteroatoms. The Kier molecular flexibility index (Phi) is 5.34. The molecule has 0 amide bonds. The molecule has 1 aliphatic heterocycles. The van der Waals surface area contributed by atoms with E-state index in [0.717, 1.165) is 38.1 Å². The number of rotatable bonds is 5. The summed E-state index contributed by atoms with van der Waals surface area (Å²) in [4.78, 5) is 18.2. The molecule has 1 aromatic carbocycles. The van der Waals surface area contributed by atoms with E-state index in [9.17, 15) is 18.0 Å². The lowest BCUT2D eigenvalue weighted by molar-refractivity contribution is -0.137. The van der Waals surface area contributed by atoms with Crippen molar-refractivity contribution in [1.82, 2.24) is 20.3 Å². The lowest BCUT2D eigenvalue weighted by Crippen LogP contribution is -2.20. The van der Waals surface area contributed by atoms with Gasteiger partial charge in [0.25, 0.3) is 5.89 Å². The van der Waals surface area contributed by atoms with Gasteiger partial charge in [-0.15, -0.1) is 10.2 Å². The number of aromatic nitrogens is 4. The quantitative estimate of drug-likeness (QED) is 0.580. The lowest BCUT2D eigenvalue weighted by Gasteiger charge is -2.14. The van der Waals surface area contributed by atoms with Crippen LogP contribution in [0.1, 0.15) is 34.8 Å². The summed E-state index contributed by atoms with van der Waals surface area (Å²) in [7, 11) is 0. The predicted molar refractivity (Wildman–Crippen MR) is 97.3 cm³/mol. The molecule has 8 nitrogen and oxygen atoms in total. The van der Waals surface area contributed by atoms with Crippen molar-refractivity contribution in [3.05, 3.63) is 53.5 Å². The van der Waals surface area contributed by atoms with Crippen LogP contribution < -0.4 is 4.90 Å². The summed E-state index contributed by atoms with van der Waals surface area (Å²) in [5.74, 6) is 0.0938. The first kappa shape index (κ1) is 19.8. The zero-order valence-electron chi connectivity index (χ0n) is 15.6. The van der Waals surface area contributed by atoms with E-state index in [4.69, 9.17) is 9.26 Å². The maximum Gasteiger partial charge on any atom is 0.416 e. The molecule has 2 aromatic heterocycles. The molecule has 0 spiro atoms. The largest absolute Gasteiger partial charge is 0.451 e. The van der Waals surface area contributed by atoms with E-state index in [0.29, 0.717) is 11.4 Å². The maximum absolute atomic E-state index is 12.6. The Bertz CT molecular complexity index is 1010. The Morgan fingerprint density at radius 1 is 1.07 bits per heavy atom. The van der Waals surface area contributed by atoms with Crippen molar-refractivity contribution in [1.29, 1.82) is 0 Å². The molecular formula is C19H16F3N5O3. The highest BCUT2D eigenvalue weighted by atomic mass is 19.4. The second-order valence-electron chi connectivity index (χ2n) is 6.63. The molecule has 30 heavy (non-hydrogen) atoms. The Labute approximate surface area is 168 Å². The van der Waals surface area contributed by atoms with Gasteiger partial charge >= 0.3 is 12.1 Å². The minimum absolute atomic E-state index is 0.0000982. The fourth-order valence-electron chi connectivity index (χ4n) is 2.99. The van der Waals surface area contributed by atoms with E-state index in [1.807, 2.05) is 0 Å². The van der Waals surface area contributed by atoms with Crippen LogP contribution in [0.4, 0.5) is 19.0 Å². The number of hydrogen-bond donors (Lipinski definition) is 0. The number of carbonyl (C=O) groups excluding carboxylic acids is 1. The highest BCUT2D eigenvalue weighted by Crippen LogP contribution is 2.30. The van der Waals surface area contributed by atoms with Crippen molar-refractivity contribution in [2.75, 3.05) is 18.0 Å². The van der Waals surface area contributed by atoms with Crippen LogP contribution in [-0.4, -0.2) is 39.4 Å². The summed E-state index contributed by atoms with van der Waals surface area (Å²) in [6, 6.07) is 7.57. The standard InChI is InChI=1S/C19H16F3N5O3/c20-19(21,22)13-5-3-12(4-6-13)17-23-16(30-26-17)11-29-18(28)14-7-8-15(25-24-14)27-9-1-2-10-27/h3-8H,1-2,9-11H2. The summed E-state index contributed by atoms with van der Waals surface area (Å²) < 4.78 is 48.0. The van der Waals surface area contributed by atoms with Crippen LogP contribution >= 0.6 is 0 Å². The first-order valence-electron chi connectivity index (χ1n) is 9.16. The molecule has 1 aliphatic rings. The van der Waals surface area contributed by atoms with E-state index in [-0.39, 0.29) is 24.0 Å². The van der Waals surface area contributed by atoms with Gasteiger partial charge in [0.2, 0.25) is 5.82 Å². The molecule has 0 radical (unpaired) electrons. The van der Waals surface area contributed by atoms with Crippen molar-refractivity contribution >= 4 is 11.8 Å². The molecule has 4 rings (SSSR count). The second-order valence-corrected chi connectivity index (χ2v) is 6.63. The number of esters is 1.